The fourth-order valence-corrected chi connectivity index (χ4v) is 4.89. The third-order valence-electron chi connectivity index (χ3n) is 4.71. The van der Waals surface area contributed by atoms with E-state index in [1.807, 2.05) is 12.1 Å². The van der Waals surface area contributed by atoms with E-state index in [1.165, 1.54) is 0 Å². The number of nitrogens with zero attached hydrogens (tertiary/aromatic N) is 2. The van der Waals surface area contributed by atoms with E-state index in [0.29, 0.717) is 24.3 Å². The van der Waals surface area contributed by atoms with Crippen molar-refractivity contribution >= 4 is 10.0 Å². The van der Waals surface area contributed by atoms with Gasteiger partial charge in [-0.05, 0) is 55.5 Å². The van der Waals surface area contributed by atoms with Crippen LogP contribution in [0.3, 0.4) is 0 Å². The highest BCUT2D eigenvalue weighted by molar-refractivity contribution is 7.89. The number of sulfonamides is 1. The number of piperidine rings is 1. The number of rotatable bonds is 6. The van der Waals surface area contributed by atoms with Gasteiger partial charge in [0, 0.05) is 19.0 Å². The molecule has 0 unspecified atom stereocenters. The molecule has 6 heteroatoms. The lowest BCUT2D eigenvalue weighted by Crippen LogP contribution is -2.46. The van der Waals surface area contributed by atoms with Crippen LogP contribution in [-0.2, 0) is 15.4 Å². The molecule has 0 spiro atoms. The van der Waals surface area contributed by atoms with Gasteiger partial charge in [0.15, 0.2) is 0 Å². The molecule has 0 aliphatic carbocycles. The summed E-state index contributed by atoms with van der Waals surface area (Å²) >= 11 is 0. The summed E-state index contributed by atoms with van der Waals surface area (Å²) in [6.45, 7) is 8.40. The van der Waals surface area contributed by atoms with Crippen LogP contribution < -0.4 is 5.32 Å². The molecule has 25 heavy (non-hydrogen) atoms. The Morgan fingerprint density at radius 3 is 2.32 bits per heavy atom. The average Bonchev–Trinajstić information content (AvgIpc) is 2.59. The normalized spacial score (nSPS) is 16.8. The van der Waals surface area contributed by atoms with Crippen molar-refractivity contribution < 1.29 is 8.42 Å². The number of nitrogens with one attached hydrogen (secondary N) is 1. The van der Waals surface area contributed by atoms with Gasteiger partial charge in [0.25, 0.3) is 0 Å². The molecule has 0 amide bonds. The molecule has 1 N–H and O–H groups in total. The molecule has 1 aliphatic heterocycles. The van der Waals surface area contributed by atoms with Gasteiger partial charge in [-0.15, -0.1) is 0 Å². The lowest BCUT2D eigenvalue weighted by Gasteiger charge is -2.33. The summed E-state index contributed by atoms with van der Waals surface area (Å²) in [5, 5.41) is 12.1. The Labute approximate surface area is 152 Å². The van der Waals surface area contributed by atoms with Crippen molar-refractivity contribution in [3.63, 3.8) is 0 Å². The second-order valence-electron chi connectivity index (χ2n) is 7.63. The van der Waals surface area contributed by atoms with E-state index in [0.717, 1.165) is 31.5 Å². The summed E-state index contributed by atoms with van der Waals surface area (Å²) in [7, 11) is -3.55. The lowest BCUT2D eigenvalue weighted by atomic mass is 9.87. The Morgan fingerprint density at radius 2 is 1.80 bits per heavy atom. The third kappa shape index (κ3) is 5.04. The van der Waals surface area contributed by atoms with Gasteiger partial charge in [-0.25, -0.2) is 8.42 Å². The molecule has 1 saturated heterocycles. The molecule has 2 rings (SSSR count). The largest absolute Gasteiger partial charge is 0.317 e. The third-order valence-corrected chi connectivity index (χ3v) is 6.68. The van der Waals surface area contributed by atoms with Crippen molar-refractivity contribution in [2.24, 2.45) is 0 Å². The maximum Gasteiger partial charge on any atom is 0.243 e. The summed E-state index contributed by atoms with van der Waals surface area (Å²) in [6, 6.07) is 9.36. The fraction of sp³-hybridized carbons (Fsp3) is 0.632. The zero-order valence-corrected chi connectivity index (χ0v) is 16.3. The highest BCUT2D eigenvalue weighted by atomic mass is 32.2. The quantitative estimate of drug-likeness (QED) is 0.789. The average molecular weight is 364 g/mol. The monoisotopic (exact) mass is 363 g/mol. The Bertz CT molecular complexity index is 694. The number of hydrogen-bond acceptors (Lipinski definition) is 4. The summed E-state index contributed by atoms with van der Waals surface area (Å²) in [4.78, 5) is 0.344. The molecular formula is C19H29N3O2S. The minimum atomic E-state index is -3.55. The second kappa shape index (κ2) is 8.31. The van der Waals surface area contributed by atoms with Crippen molar-refractivity contribution in [3.8, 4) is 6.07 Å². The number of nitriles is 1. The Morgan fingerprint density at radius 1 is 1.20 bits per heavy atom. The van der Waals surface area contributed by atoms with Crippen molar-refractivity contribution in [3.05, 3.63) is 29.8 Å². The van der Waals surface area contributed by atoms with Gasteiger partial charge in [-0.1, -0.05) is 32.9 Å². The first-order chi connectivity index (χ1) is 11.8. The van der Waals surface area contributed by atoms with E-state index >= 15 is 0 Å². The van der Waals surface area contributed by atoms with Crippen molar-refractivity contribution in [1.29, 1.82) is 5.26 Å². The Balaban J connectivity index is 2.28. The van der Waals surface area contributed by atoms with Crippen LogP contribution in [0.5, 0.6) is 0 Å². The van der Waals surface area contributed by atoms with Crippen molar-refractivity contribution in [2.45, 2.75) is 62.8 Å². The van der Waals surface area contributed by atoms with Gasteiger partial charge < -0.3 is 5.32 Å². The lowest BCUT2D eigenvalue weighted by molar-refractivity contribution is 0.260. The van der Waals surface area contributed by atoms with Gasteiger partial charge in [0.1, 0.15) is 0 Å². The summed E-state index contributed by atoms with van der Waals surface area (Å²) in [6.07, 6.45) is 2.57. The molecule has 1 heterocycles. The zero-order chi connectivity index (χ0) is 18.5. The van der Waals surface area contributed by atoms with Crippen LogP contribution in [-0.4, -0.2) is 38.4 Å². The Hall–Kier alpha value is -1.42. The number of unbranched alkanes of at least 4 members (excludes halogenated alkanes) is 1. The minimum Gasteiger partial charge on any atom is -0.317 e. The molecule has 138 valence electrons. The van der Waals surface area contributed by atoms with Crippen LogP contribution in [0.25, 0.3) is 0 Å². The van der Waals surface area contributed by atoms with E-state index in [4.69, 9.17) is 5.26 Å². The molecule has 0 saturated carbocycles. The first-order valence-electron chi connectivity index (χ1n) is 8.97. The fourth-order valence-electron chi connectivity index (χ4n) is 3.17. The standard InChI is InChI=1S/C19H29N3O2S/c1-19(2,3)16-6-8-18(9-7-16)25(23,24)22(15-5-4-12-20)17-10-13-21-14-11-17/h6-9,17,21H,4-5,10-11,13-15H2,1-3H3. The number of benzene rings is 1. The predicted octanol–water partition coefficient (Wildman–Crippen LogP) is 3.03. The molecule has 0 atom stereocenters. The molecule has 5 nitrogen and oxygen atoms in total. The van der Waals surface area contributed by atoms with Crippen LogP contribution >= 0.6 is 0 Å². The van der Waals surface area contributed by atoms with Crippen molar-refractivity contribution in [1.82, 2.24) is 9.62 Å². The maximum atomic E-state index is 13.2. The van der Waals surface area contributed by atoms with Crippen LogP contribution in [0.1, 0.15) is 52.0 Å². The van der Waals surface area contributed by atoms with Gasteiger partial charge in [-0.2, -0.15) is 9.57 Å². The smallest absolute Gasteiger partial charge is 0.243 e. The molecular weight excluding hydrogens is 334 g/mol. The summed E-state index contributed by atoms with van der Waals surface area (Å²) < 4.78 is 28.0. The van der Waals surface area contributed by atoms with Gasteiger partial charge >= 0.3 is 0 Å². The van der Waals surface area contributed by atoms with Crippen LogP contribution in [0.15, 0.2) is 29.2 Å². The van der Waals surface area contributed by atoms with Crippen molar-refractivity contribution in [2.75, 3.05) is 19.6 Å². The molecule has 0 aromatic heterocycles. The van der Waals surface area contributed by atoms with Crippen LogP contribution in [0, 0.1) is 11.3 Å². The van der Waals surface area contributed by atoms with E-state index in [-0.39, 0.29) is 11.5 Å². The summed E-state index contributed by atoms with van der Waals surface area (Å²) in [5.41, 5.74) is 1.11. The summed E-state index contributed by atoms with van der Waals surface area (Å²) in [5.74, 6) is 0. The van der Waals surface area contributed by atoms with Gasteiger partial charge in [0.05, 0.1) is 11.0 Å². The van der Waals surface area contributed by atoms with Gasteiger partial charge in [-0.3, -0.25) is 0 Å². The second-order valence-corrected chi connectivity index (χ2v) is 9.52. The molecule has 1 aliphatic rings. The molecule has 1 aromatic rings. The number of hydrogen-bond donors (Lipinski definition) is 1. The zero-order valence-electron chi connectivity index (χ0n) is 15.5. The van der Waals surface area contributed by atoms with Gasteiger partial charge in [0.2, 0.25) is 10.0 Å². The van der Waals surface area contributed by atoms with E-state index in [2.05, 4.69) is 32.2 Å². The molecule has 1 fully saturated rings. The first-order valence-corrected chi connectivity index (χ1v) is 10.4. The topological polar surface area (TPSA) is 73.2 Å². The SMILES string of the molecule is CC(C)(C)c1ccc(S(=O)(=O)N(CCCC#N)C2CCNCC2)cc1. The highest BCUT2D eigenvalue weighted by Crippen LogP contribution is 2.27. The van der Waals surface area contributed by atoms with E-state index in [9.17, 15) is 8.42 Å². The minimum absolute atomic E-state index is 0.00670. The molecule has 1 aromatic carbocycles. The predicted molar refractivity (Wildman–Crippen MR) is 99.8 cm³/mol. The van der Waals surface area contributed by atoms with Crippen LogP contribution in [0.4, 0.5) is 0 Å². The van der Waals surface area contributed by atoms with E-state index in [1.54, 1.807) is 16.4 Å². The van der Waals surface area contributed by atoms with E-state index < -0.39 is 10.0 Å². The Kier molecular flexibility index (Phi) is 6.61. The molecule has 0 radical (unpaired) electrons. The molecule has 0 bridgehead atoms. The van der Waals surface area contributed by atoms with Crippen LogP contribution in [0.2, 0.25) is 0 Å². The first kappa shape index (κ1) is 19.9. The maximum absolute atomic E-state index is 13.2. The highest BCUT2D eigenvalue weighted by Gasteiger charge is 2.32.